The molecule has 0 bridgehead atoms. The Balaban J connectivity index is 3.39. The smallest absolute Gasteiger partial charge is 0.261 e. The summed E-state index contributed by atoms with van der Waals surface area (Å²) in [6.45, 7) is 5.67. The maximum Gasteiger partial charge on any atom is 0.261 e. The van der Waals surface area contributed by atoms with Gasteiger partial charge in [-0.15, -0.1) is 0 Å². The molecule has 0 spiro atoms. The molecule has 0 saturated heterocycles. The van der Waals surface area contributed by atoms with Crippen LogP contribution in [0.5, 0.6) is 0 Å². The predicted octanol–water partition coefficient (Wildman–Crippen LogP) is 1.98. The topological polar surface area (TPSA) is 63.2 Å². The van der Waals surface area contributed by atoms with Gasteiger partial charge in [0, 0.05) is 22.8 Å². The van der Waals surface area contributed by atoms with Crippen molar-refractivity contribution in [1.29, 1.82) is 0 Å². The largest absolute Gasteiger partial charge is 0.352 e. The molecule has 0 saturated carbocycles. The Bertz CT molecular complexity index is 552. The molecule has 0 aliphatic heterocycles. The van der Waals surface area contributed by atoms with Crippen molar-refractivity contribution in [3.63, 3.8) is 0 Å². The fourth-order valence-electron chi connectivity index (χ4n) is 1.47. The van der Waals surface area contributed by atoms with Gasteiger partial charge in [0.05, 0.1) is 4.90 Å². The highest BCUT2D eigenvalue weighted by Crippen LogP contribution is 2.24. The Morgan fingerprint density at radius 1 is 1.35 bits per heavy atom. The zero-order valence-electron chi connectivity index (χ0n) is 9.87. The van der Waals surface area contributed by atoms with Gasteiger partial charge in [0.15, 0.2) is 0 Å². The number of benzene rings is 1. The summed E-state index contributed by atoms with van der Waals surface area (Å²) < 4.78 is 22.7. The van der Waals surface area contributed by atoms with Crippen LogP contribution in [0.4, 0.5) is 0 Å². The highest BCUT2D eigenvalue weighted by atomic mass is 35.7. The normalized spacial score (nSPS) is 11.3. The van der Waals surface area contributed by atoms with Crippen molar-refractivity contribution in [2.24, 2.45) is 0 Å². The summed E-state index contributed by atoms with van der Waals surface area (Å²) in [4.78, 5) is 11.6. The molecular formula is C11H14ClNO3S. The van der Waals surface area contributed by atoms with Crippen molar-refractivity contribution in [3.05, 3.63) is 28.8 Å². The van der Waals surface area contributed by atoms with Crippen molar-refractivity contribution in [2.75, 3.05) is 6.54 Å². The lowest BCUT2D eigenvalue weighted by atomic mass is 10.1. The molecule has 4 nitrogen and oxygen atoms in total. The fraction of sp³-hybridized carbons (Fsp3) is 0.364. The first-order valence-electron chi connectivity index (χ1n) is 5.11. The van der Waals surface area contributed by atoms with Gasteiger partial charge in [-0.05, 0) is 44.0 Å². The van der Waals surface area contributed by atoms with Gasteiger partial charge < -0.3 is 5.32 Å². The molecule has 0 unspecified atom stereocenters. The third-order valence-electron chi connectivity index (χ3n) is 2.48. The van der Waals surface area contributed by atoms with Gasteiger partial charge in [-0.25, -0.2) is 8.42 Å². The van der Waals surface area contributed by atoms with Crippen molar-refractivity contribution in [1.82, 2.24) is 5.32 Å². The quantitative estimate of drug-likeness (QED) is 0.858. The van der Waals surface area contributed by atoms with E-state index in [2.05, 4.69) is 5.32 Å². The van der Waals surface area contributed by atoms with Crippen LogP contribution >= 0.6 is 10.7 Å². The summed E-state index contributed by atoms with van der Waals surface area (Å²) in [6.07, 6.45) is 0. The van der Waals surface area contributed by atoms with Crippen molar-refractivity contribution in [2.45, 2.75) is 25.7 Å². The van der Waals surface area contributed by atoms with Gasteiger partial charge in [-0.3, -0.25) is 4.79 Å². The minimum atomic E-state index is -3.83. The van der Waals surface area contributed by atoms with E-state index < -0.39 is 9.05 Å². The van der Waals surface area contributed by atoms with Gasteiger partial charge in [0.1, 0.15) is 0 Å². The summed E-state index contributed by atoms with van der Waals surface area (Å²) in [5.74, 6) is -0.308. The molecule has 6 heteroatoms. The lowest BCUT2D eigenvalue weighted by Crippen LogP contribution is -2.23. The molecule has 94 valence electrons. The monoisotopic (exact) mass is 275 g/mol. The minimum Gasteiger partial charge on any atom is -0.352 e. The Labute approximate surface area is 105 Å². The van der Waals surface area contributed by atoms with E-state index in [4.69, 9.17) is 10.7 Å². The maximum absolute atomic E-state index is 11.6. The second-order valence-corrected chi connectivity index (χ2v) is 6.25. The van der Waals surface area contributed by atoms with Gasteiger partial charge >= 0.3 is 0 Å². The number of carbonyl (C=O) groups is 1. The highest BCUT2D eigenvalue weighted by Gasteiger charge is 2.18. The Morgan fingerprint density at radius 2 is 1.94 bits per heavy atom. The number of carbonyl (C=O) groups excluding carboxylic acids is 1. The maximum atomic E-state index is 11.6. The zero-order valence-corrected chi connectivity index (χ0v) is 11.4. The second-order valence-electron chi connectivity index (χ2n) is 3.71. The van der Waals surface area contributed by atoms with Crippen LogP contribution in [0.3, 0.4) is 0 Å². The number of rotatable bonds is 3. The van der Waals surface area contributed by atoms with Crippen LogP contribution in [0.2, 0.25) is 0 Å². The lowest BCUT2D eigenvalue weighted by Gasteiger charge is -2.09. The molecule has 0 radical (unpaired) electrons. The molecule has 0 fully saturated rings. The fourth-order valence-corrected chi connectivity index (χ4v) is 2.75. The van der Waals surface area contributed by atoms with E-state index in [1.165, 1.54) is 6.07 Å². The van der Waals surface area contributed by atoms with Crippen LogP contribution in [0.15, 0.2) is 17.0 Å². The first-order chi connectivity index (χ1) is 7.77. The predicted molar refractivity (Wildman–Crippen MR) is 67.0 cm³/mol. The van der Waals surface area contributed by atoms with Crippen LogP contribution in [-0.2, 0) is 9.05 Å². The Hall–Kier alpha value is -1.07. The van der Waals surface area contributed by atoms with E-state index in [-0.39, 0.29) is 10.8 Å². The van der Waals surface area contributed by atoms with E-state index >= 15 is 0 Å². The molecule has 0 aromatic heterocycles. The molecule has 0 aliphatic carbocycles. The third kappa shape index (κ3) is 3.20. The SMILES string of the molecule is CCNC(=O)c1cc(C)c(C)c(S(=O)(=O)Cl)c1. The lowest BCUT2D eigenvalue weighted by molar-refractivity contribution is 0.0955. The van der Waals surface area contributed by atoms with E-state index in [9.17, 15) is 13.2 Å². The summed E-state index contributed by atoms with van der Waals surface area (Å²) in [5, 5.41) is 2.61. The van der Waals surface area contributed by atoms with Gasteiger partial charge in [-0.1, -0.05) is 0 Å². The van der Waals surface area contributed by atoms with Crippen molar-refractivity contribution in [3.8, 4) is 0 Å². The van der Waals surface area contributed by atoms with Gasteiger partial charge in [-0.2, -0.15) is 0 Å². The molecular weight excluding hydrogens is 262 g/mol. The number of hydrogen-bond donors (Lipinski definition) is 1. The van der Waals surface area contributed by atoms with Crippen molar-refractivity contribution >= 4 is 25.6 Å². The number of aryl methyl sites for hydroxylation is 1. The molecule has 1 rings (SSSR count). The van der Waals surface area contributed by atoms with E-state index in [0.29, 0.717) is 23.2 Å². The van der Waals surface area contributed by atoms with Gasteiger partial charge in [0.25, 0.3) is 15.0 Å². The number of amides is 1. The van der Waals surface area contributed by atoms with Crippen LogP contribution in [0.25, 0.3) is 0 Å². The molecule has 0 aliphatic rings. The molecule has 0 heterocycles. The molecule has 0 atom stereocenters. The highest BCUT2D eigenvalue weighted by molar-refractivity contribution is 8.13. The summed E-state index contributed by atoms with van der Waals surface area (Å²) >= 11 is 0. The first kappa shape index (κ1) is 14.0. The number of halogens is 1. The summed E-state index contributed by atoms with van der Waals surface area (Å²) in [5.41, 5.74) is 1.58. The number of nitrogens with one attached hydrogen (secondary N) is 1. The zero-order chi connectivity index (χ0) is 13.2. The molecule has 1 aromatic carbocycles. The van der Waals surface area contributed by atoms with E-state index in [0.717, 1.165) is 0 Å². The van der Waals surface area contributed by atoms with E-state index in [1.807, 2.05) is 0 Å². The molecule has 1 aromatic rings. The van der Waals surface area contributed by atoms with Crippen LogP contribution in [0.1, 0.15) is 28.4 Å². The van der Waals surface area contributed by atoms with Gasteiger partial charge in [0.2, 0.25) is 0 Å². The molecule has 1 amide bonds. The van der Waals surface area contributed by atoms with Crippen LogP contribution in [-0.4, -0.2) is 20.9 Å². The van der Waals surface area contributed by atoms with Crippen molar-refractivity contribution < 1.29 is 13.2 Å². The third-order valence-corrected chi connectivity index (χ3v) is 3.93. The average molecular weight is 276 g/mol. The summed E-state index contributed by atoms with van der Waals surface area (Å²) in [7, 11) is 1.50. The average Bonchev–Trinajstić information content (AvgIpc) is 2.20. The number of hydrogen-bond acceptors (Lipinski definition) is 3. The molecule has 1 N–H and O–H groups in total. The Kier molecular flexibility index (Phi) is 4.16. The first-order valence-corrected chi connectivity index (χ1v) is 7.42. The summed E-state index contributed by atoms with van der Waals surface area (Å²) in [6, 6.07) is 2.95. The standard InChI is InChI=1S/C11H14ClNO3S/c1-4-13-11(14)9-5-7(2)8(3)10(6-9)17(12,15)16/h5-6H,4H2,1-3H3,(H,13,14). The molecule has 17 heavy (non-hydrogen) atoms. The van der Waals surface area contributed by atoms with Crippen LogP contribution in [0, 0.1) is 13.8 Å². The van der Waals surface area contributed by atoms with Crippen LogP contribution < -0.4 is 5.32 Å². The second kappa shape index (κ2) is 5.06. The minimum absolute atomic E-state index is 0.0135. The Morgan fingerprint density at radius 3 is 2.41 bits per heavy atom. The van der Waals surface area contributed by atoms with E-state index in [1.54, 1.807) is 26.8 Å².